The van der Waals surface area contributed by atoms with Crippen molar-refractivity contribution in [2.24, 2.45) is 5.92 Å². The Morgan fingerprint density at radius 1 is 1.04 bits per heavy atom. The fourth-order valence-electron chi connectivity index (χ4n) is 3.08. The van der Waals surface area contributed by atoms with E-state index in [0.717, 1.165) is 30.3 Å². The van der Waals surface area contributed by atoms with Crippen LogP contribution < -0.4 is 4.46 Å². The fourth-order valence-corrected chi connectivity index (χ4v) is 5.08. The van der Waals surface area contributed by atoms with Crippen LogP contribution in [-0.4, -0.2) is 32.3 Å². The second-order valence-corrected chi connectivity index (χ2v) is 8.69. The van der Waals surface area contributed by atoms with Gasteiger partial charge in [-0.2, -0.15) is 0 Å². The van der Waals surface area contributed by atoms with E-state index in [0.29, 0.717) is 6.54 Å². The molecule has 3 heteroatoms. The van der Waals surface area contributed by atoms with E-state index >= 15 is 0 Å². The van der Waals surface area contributed by atoms with Gasteiger partial charge in [-0.3, -0.25) is 0 Å². The van der Waals surface area contributed by atoms with Gasteiger partial charge >= 0.3 is 151 Å². The van der Waals surface area contributed by atoms with Gasteiger partial charge in [0.1, 0.15) is 0 Å². The average Bonchev–Trinajstić information content (AvgIpc) is 2.79. The van der Waals surface area contributed by atoms with Crippen LogP contribution in [0.15, 0.2) is 71.7 Å². The molecule has 2 nitrogen and oxygen atoms in total. The standard InChI is InChI=1S/C21H23NOSe/c1-17(24-19-12-6-3-7-13-19)20-14-8-9-15-22(21(20)23)16-18-10-4-2-5-11-18/h2-7,10-13,20H,1,8-9,14-16H2. The first-order valence-corrected chi connectivity index (χ1v) is 10.2. The molecule has 2 aromatic carbocycles. The Kier molecular flexibility index (Phi) is 5.90. The quantitative estimate of drug-likeness (QED) is 0.724. The van der Waals surface area contributed by atoms with Crippen LogP contribution in [0.5, 0.6) is 0 Å². The molecule has 0 aromatic heterocycles. The Labute approximate surface area is 150 Å². The van der Waals surface area contributed by atoms with Crippen LogP contribution in [-0.2, 0) is 11.3 Å². The topological polar surface area (TPSA) is 20.3 Å². The van der Waals surface area contributed by atoms with E-state index in [9.17, 15) is 4.79 Å². The van der Waals surface area contributed by atoms with Gasteiger partial charge in [-0.15, -0.1) is 0 Å². The van der Waals surface area contributed by atoms with Crippen molar-refractivity contribution in [1.82, 2.24) is 4.90 Å². The summed E-state index contributed by atoms with van der Waals surface area (Å²) in [5, 5.41) is 0. The van der Waals surface area contributed by atoms with E-state index in [1.807, 2.05) is 29.2 Å². The van der Waals surface area contributed by atoms with Gasteiger partial charge in [0.05, 0.1) is 0 Å². The summed E-state index contributed by atoms with van der Waals surface area (Å²) in [5.74, 6) is 0.246. The van der Waals surface area contributed by atoms with Crippen LogP contribution in [0.2, 0.25) is 0 Å². The molecule has 1 aliphatic rings. The monoisotopic (exact) mass is 385 g/mol. The molecule has 2 aromatic rings. The number of hydrogen-bond acceptors (Lipinski definition) is 1. The van der Waals surface area contributed by atoms with Crippen LogP contribution in [0.3, 0.4) is 0 Å². The van der Waals surface area contributed by atoms with Crippen LogP contribution in [0.25, 0.3) is 0 Å². The normalized spacial score (nSPS) is 18.2. The number of likely N-dealkylation sites (tertiary alicyclic amines) is 1. The number of carbonyl (C=O) groups is 1. The zero-order valence-electron chi connectivity index (χ0n) is 13.9. The van der Waals surface area contributed by atoms with Crippen molar-refractivity contribution in [2.75, 3.05) is 6.54 Å². The number of benzene rings is 2. The number of amides is 1. The molecule has 24 heavy (non-hydrogen) atoms. The first-order valence-electron chi connectivity index (χ1n) is 8.48. The van der Waals surface area contributed by atoms with Crippen molar-refractivity contribution in [1.29, 1.82) is 0 Å². The van der Waals surface area contributed by atoms with Crippen molar-refractivity contribution in [2.45, 2.75) is 25.8 Å². The van der Waals surface area contributed by atoms with Crippen LogP contribution in [0.1, 0.15) is 24.8 Å². The third-order valence-corrected chi connectivity index (χ3v) is 6.59. The van der Waals surface area contributed by atoms with Gasteiger partial charge in [-0.1, -0.05) is 0 Å². The van der Waals surface area contributed by atoms with Crippen molar-refractivity contribution >= 4 is 25.3 Å². The van der Waals surface area contributed by atoms with E-state index in [2.05, 4.69) is 43.0 Å². The predicted molar refractivity (Wildman–Crippen MR) is 100 cm³/mol. The van der Waals surface area contributed by atoms with Gasteiger partial charge in [-0.05, 0) is 0 Å². The third kappa shape index (κ3) is 4.37. The summed E-state index contributed by atoms with van der Waals surface area (Å²) < 4.78 is 2.40. The molecule has 3 rings (SSSR count). The molecule has 1 aliphatic heterocycles. The van der Waals surface area contributed by atoms with Gasteiger partial charge in [0, 0.05) is 0 Å². The van der Waals surface area contributed by atoms with Gasteiger partial charge in [0.15, 0.2) is 0 Å². The molecule has 1 fully saturated rings. The molecule has 0 aliphatic carbocycles. The number of carbonyl (C=O) groups excluding carboxylic acids is 1. The SMILES string of the molecule is C=C([Se]c1ccccc1)C1CCCCN(Cc2ccccc2)C1=O. The van der Waals surface area contributed by atoms with Crippen molar-refractivity contribution in [3.05, 3.63) is 77.3 Å². The molecule has 0 saturated carbocycles. The summed E-state index contributed by atoms with van der Waals surface area (Å²) in [6.45, 7) is 5.85. The molecular formula is C21H23NOSe. The Hall–Kier alpha value is -1.83. The second kappa shape index (κ2) is 8.32. The Morgan fingerprint density at radius 2 is 1.71 bits per heavy atom. The van der Waals surface area contributed by atoms with E-state index in [1.54, 1.807) is 0 Å². The van der Waals surface area contributed by atoms with Crippen molar-refractivity contribution < 1.29 is 4.79 Å². The maximum absolute atomic E-state index is 13.1. The van der Waals surface area contributed by atoms with Gasteiger partial charge in [-0.25, -0.2) is 0 Å². The summed E-state index contributed by atoms with van der Waals surface area (Å²) in [4.78, 5) is 15.1. The van der Waals surface area contributed by atoms with Crippen LogP contribution >= 0.6 is 0 Å². The summed E-state index contributed by atoms with van der Waals surface area (Å²) in [6.07, 6.45) is 3.13. The third-order valence-electron chi connectivity index (χ3n) is 4.38. The van der Waals surface area contributed by atoms with E-state index in [1.165, 1.54) is 10.0 Å². The molecule has 124 valence electrons. The van der Waals surface area contributed by atoms with Crippen molar-refractivity contribution in [3.63, 3.8) is 0 Å². The number of rotatable bonds is 5. The van der Waals surface area contributed by atoms with Gasteiger partial charge in [0.25, 0.3) is 0 Å². The summed E-state index contributed by atoms with van der Waals surface area (Å²) in [5.41, 5.74) is 1.20. The maximum atomic E-state index is 13.1. The Bertz CT molecular complexity index is 683. The minimum atomic E-state index is -0.0172. The number of hydrogen-bond donors (Lipinski definition) is 0. The summed E-state index contributed by atoms with van der Waals surface area (Å²) in [7, 11) is 0. The Balaban J connectivity index is 1.70. The van der Waals surface area contributed by atoms with Gasteiger partial charge in [0.2, 0.25) is 0 Å². The first-order chi connectivity index (χ1) is 11.7. The van der Waals surface area contributed by atoms with Gasteiger partial charge < -0.3 is 0 Å². The minimum absolute atomic E-state index is 0.0172. The van der Waals surface area contributed by atoms with Crippen LogP contribution in [0.4, 0.5) is 0 Å². The zero-order chi connectivity index (χ0) is 16.8. The van der Waals surface area contributed by atoms with E-state index in [-0.39, 0.29) is 26.8 Å². The number of nitrogens with zero attached hydrogens (tertiary/aromatic N) is 1. The second-order valence-electron chi connectivity index (χ2n) is 6.18. The zero-order valence-corrected chi connectivity index (χ0v) is 15.6. The van der Waals surface area contributed by atoms with E-state index < -0.39 is 0 Å². The fraction of sp³-hybridized carbons (Fsp3) is 0.286. The molecule has 0 radical (unpaired) electrons. The molecule has 1 heterocycles. The average molecular weight is 384 g/mol. The molecule has 0 N–H and O–H groups in total. The molecule has 0 bridgehead atoms. The van der Waals surface area contributed by atoms with Crippen molar-refractivity contribution in [3.8, 4) is 0 Å². The molecule has 1 atom stereocenters. The van der Waals surface area contributed by atoms with Crippen LogP contribution in [0, 0.1) is 5.92 Å². The molecular weight excluding hydrogens is 361 g/mol. The molecule has 0 spiro atoms. The summed E-state index contributed by atoms with van der Waals surface area (Å²) >= 11 is 0.157. The molecule has 1 unspecified atom stereocenters. The van der Waals surface area contributed by atoms with E-state index in [4.69, 9.17) is 0 Å². The summed E-state index contributed by atoms with van der Waals surface area (Å²) in [6, 6.07) is 20.7. The molecule has 1 saturated heterocycles. The first kappa shape index (κ1) is 17.0. The Morgan fingerprint density at radius 3 is 2.42 bits per heavy atom. The molecule has 1 amide bonds. The predicted octanol–water partition coefficient (Wildman–Crippen LogP) is 3.36.